The zero-order valence-electron chi connectivity index (χ0n) is 17.4. The van der Waals surface area contributed by atoms with Gasteiger partial charge in [-0.2, -0.15) is 0 Å². The number of ether oxygens (including phenoxy) is 3. The van der Waals surface area contributed by atoms with E-state index in [1.165, 1.54) is 24.8 Å². The highest BCUT2D eigenvalue weighted by Gasteiger charge is 2.38. The summed E-state index contributed by atoms with van der Waals surface area (Å²) in [5, 5.41) is 2.81. The van der Waals surface area contributed by atoms with E-state index in [0.29, 0.717) is 12.0 Å². The van der Waals surface area contributed by atoms with Crippen molar-refractivity contribution in [1.82, 2.24) is 10.2 Å². The minimum absolute atomic E-state index is 0.0985. The smallest absolute Gasteiger partial charge is 0.407 e. The number of rotatable bonds is 6. The van der Waals surface area contributed by atoms with Crippen LogP contribution in [0.5, 0.6) is 5.75 Å². The second kappa shape index (κ2) is 9.61. The van der Waals surface area contributed by atoms with Crippen LogP contribution in [0.15, 0.2) is 24.3 Å². The molecule has 1 N–H and O–H groups in total. The topological polar surface area (TPSA) is 60.0 Å². The maximum absolute atomic E-state index is 11.6. The standard InChI is InChI=1S/C22H34N2O4/c1-17(2)28-21(25)23-14-20-8-9-22(16-27-20)10-12-24(13-11-22)15-18-4-6-19(26-3)7-5-18/h4-7,17,20H,8-16H2,1-3H3,(H,23,25). The lowest BCUT2D eigenvalue weighted by atomic mass is 9.73. The molecule has 1 spiro atoms. The summed E-state index contributed by atoms with van der Waals surface area (Å²) in [4.78, 5) is 14.1. The molecule has 0 aromatic heterocycles. The highest BCUT2D eigenvalue weighted by atomic mass is 16.6. The van der Waals surface area contributed by atoms with Gasteiger partial charge in [-0.05, 0) is 75.7 Å². The number of methoxy groups -OCH3 is 1. The van der Waals surface area contributed by atoms with Gasteiger partial charge in [0, 0.05) is 13.1 Å². The van der Waals surface area contributed by atoms with Crippen LogP contribution in [0.25, 0.3) is 0 Å². The average Bonchev–Trinajstić information content (AvgIpc) is 2.70. The summed E-state index contributed by atoms with van der Waals surface area (Å²) in [5.74, 6) is 0.905. The summed E-state index contributed by atoms with van der Waals surface area (Å²) in [6, 6.07) is 8.35. The third-order valence-electron chi connectivity index (χ3n) is 5.92. The molecule has 0 radical (unpaired) electrons. The van der Waals surface area contributed by atoms with E-state index in [9.17, 15) is 4.79 Å². The van der Waals surface area contributed by atoms with Crippen LogP contribution in [0.1, 0.15) is 45.1 Å². The predicted octanol–water partition coefficient (Wildman–Crippen LogP) is 3.59. The highest BCUT2D eigenvalue weighted by Crippen LogP contribution is 2.40. The number of piperidine rings is 1. The van der Waals surface area contributed by atoms with E-state index in [1.807, 2.05) is 26.0 Å². The Kier molecular flexibility index (Phi) is 7.18. The van der Waals surface area contributed by atoms with Gasteiger partial charge in [-0.15, -0.1) is 0 Å². The minimum Gasteiger partial charge on any atom is -0.497 e. The summed E-state index contributed by atoms with van der Waals surface area (Å²) in [7, 11) is 1.70. The van der Waals surface area contributed by atoms with Crippen molar-refractivity contribution >= 4 is 6.09 Å². The maximum Gasteiger partial charge on any atom is 0.407 e. The minimum atomic E-state index is -0.356. The summed E-state index contributed by atoms with van der Waals surface area (Å²) in [6.45, 7) is 8.24. The number of carbonyl (C=O) groups excluding carboxylic acids is 1. The van der Waals surface area contributed by atoms with Gasteiger partial charge in [0.1, 0.15) is 5.75 Å². The number of hydrogen-bond donors (Lipinski definition) is 1. The Morgan fingerprint density at radius 1 is 1.25 bits per heavy atom. The Hall–Kier alpha value is -1.79. The van der Waals surface area contributed by atoms with Crippen molar-refractivity contribution in [2.75, 3.05) is 33.4 Å². The number of likely N-dealkylation sites (tertiary alicyclic amines) is 1. The first-order valence-corrected chi connectivity index (χ1v) is 10.4. The number of carbonyl (C=O) groups is 1. The number of nitrogens with zero attached hydrogens (tertiary/aromatic N) is 1. The van der Waals surface area contributed by atoms with Crippen molar-refractivity contribution < 1.29 is 19.0 Å². The molecule has 2 saturated heterocycles. The normalized spacial score (nSPS) is 22.2. The fourth-order valence-electron chi connectivity index (χ4n) is 4.10. The van der Waals surface area contributed by atoms with Gasteiger partial charge in [-0.25, -0.2) is 4.79 Å². The van der Waals surface area contributed by atoms with Crippen molar-refractivity contribution in [2.24, 2.45) is 5.41 Å². The van der Waals surface area contributed by atoms with Crippen LogP contribution >= 0.6 is 0 Å². The molecule has 1 atom stereocenters. The first-order valence-electron chi connectivity index (χ1n) is 10.4. The lowest BCUT2D eigenvalue weighted by molar-refractivity contribution is -0.0848. The van der Waals surface area contributed by atoms with E-state index in [1.54, 1.807) is 7.11 Å². The van der Waals surface area contributed by atoms with E-state index < -0.39 is 0 Å². The van der Waals surface area contributed by atoms with Gasteiger partial charge in [0.25, 0.3) is 0 Å². The number of amides is 1. The summed E-state index contributed by atoms with van der Waals surface area (Å²) >= 11 is 0. The molecular weight excluding hydrogens is 356 g/mol. The molecule has 1 amide bonds. The van der Waals surface area contributed by atoms with E-state index in [0.717, 1.165) is 38.4 Å². The molecule has 2 aliphatic rings. The molecule has 3 rings (SSSR count). The van der Waals surface area contributed by atoms with Crippen molar-refractivity contribution in [1.29, 1.82) is 0 Å². The van der Waals surface area contributed by atoms with Crippen molar-refractivity contribution in [3.05, 3.63) is 29.8 Å². The lowest BCUT2D eigenvalue weighted by Crippen LogP contribution is -2.47. The number of hydrogen-bond acceptors (Lipinski definition) is 5. The molecule has 0 aliphatic carbocycles. The van der Waals surface area contributed by atoms with E-state index in [2.05, 4.69) is 22.3 Å². The highest BCUT2D eigenvalue weighted by molar-refractivity contribution is 5.67. The van der Waals surface area contributed by atoms with E-state index in [4.69, 9.17) is 14.2 Å². The van der Waals surface area contributed by atoms with Gasteiger partial charge in [-0.3, -0.25) is 4.90 Å². The quantitative estimate of drug-likeness (QED) is 0.804. The fourth-order valence-corrected chi connectivity index (χ4v) is 4.10. The molecule has 28 heavy (non-hydrogen) atoms. The molecule has 1 aromatic carbocycles. The third kappa shape index (κ3) is 5.85. The van der Waals surface area contributed by atoms with Crippen molar-refractivity contribution in [2.45, 2.75) is 58.3 Å². The van der Waals surface area contributed by atoms with Crippen LogP contribution in [-0.4, -0.2) is 56.6 Å². The zero-order valence-corrected chi connectivity index (χ0v) is 17.4. The predicted molar refractivity (Wildman–Crippen MR) is 109 cm³/mol. The molecule has 1 unspecified atom stereocenters. The van der Waals surface area contributed by atoms with Crippen LogP contribution < -0.4 is 10.1 Å². The first kappa shape index (κ1) is 20.9. The second-order valence-corrected chi connectivity index (χ2v) is 8.43. The largest absolute Gasteiger partial charge is 0.497 e. The Labute approximate surface area is 168 Å². The Balaban J connectivity index is 1.38. The summed E-state index contributed by atoms with van der Waals surface area (Å²) < 4.78 is 16.4. The van der Waals surface area contributed by atoms with Gasteiger partial charge in [0.05, 0.1) is 25.9 Å². The van der Waals surface area contributed by atoms with Crippen molar-refractivity contribution in [3.8, 4) is 5.75 Å². The van der Waals surface area contributed by atoms with Crippen LogP contribution in [0, 0.1) is 5.41 Å². The van der Waals surface area contributed by atoms with E-state index in [-0.39, 0.29) is 18.3 Å². The summed E-state index contributed by atoms with van der Waals surface area (Å²) in [5.41, 5.74) is 1.64. The maximum atomic E-state index is 11.6. The SMILES string of the molecule is COc1ccc(CN2CCC3(CCC(CNC(=O)OC(C)C)OC3)CC2)cc1. The van der Waals surface area contributed by atoms with Gasteiger partial charge in [-0.1, -0.05) is 12.1 Å². The third-order valence-corrected chi connectivity index (χ3v) is 5.92. The molecule has 2 heterocycles. The fraction of sp³-hybridized carbons (Fsp3) is 0.682. The average molecular weight is 391 g/mol. The molecule has 6 heteroatoms. The number of nitrogens with one attached hydrogen (secondary N) is 1. The van der Waals surface area contributed by atoms with Gasteiger partial charge < -0.3 is 19.5 Å². The van der Waals surface area contributed by atoms with Gasteiger partial charge in [0.15, 0.2) is 0 Å². The summed E-state index contributed by atoms with van der Waals surface area (Å²) in [6.07, 6.45) is 4.18. The molecule has 2 fully saturated rings. The van der Waals surface area contributed by atoms with Crippen LogP contribution in [-0.2, 0) is 16.0 Å². The second-order valence-electron chi connectivity index (χ2n) is 8.43. The molecular formula is C22H34N2O4. The first-order chi connectivity index (χ1) is 13.5. The van der Waals surface area contributed by atoms with E-state index >= 15 is 0 Å². The molecule has 0 bridgehead atoms. The molecule has 6 nitrogen and oxygen atoms in total. The Morgan fingerprint density at radius 3 is 2.54 bits per heavy atom. The van der Waals surface area contributed by atoms with Gasteiger partial charge >= 0.3 is 6.09 Å². The molecule has 156 valence electrons. The monoisotopic (exact) mass is 390 g/mol. The van der Waals surface area contributed by atoms with Crippen molar-refractivity contribution in [3.63, 3.8) is 0 Å². The number of alkyl carbamates (subject to hydrolysis) is 1. The van der Waals surface area contributed by atoms with Crippen LogP contribution in [0.3, 0.4) is 0 Å². The molecule has 0 saturated carbocycles. The zero-order chi connectivity index (χ0) is 20.0. The lowest BCUT2D eigenvalue weighted by Gasteiger charge is -2.45. The van der Waals surface area contributed by atoms with Crippen LogP contribution in [0.2, 0.25) is 0 Å². The Morgan fingerprint density at radius 2 is 1.96 bits per heavy atom. The number of benzene rings is 1. The van der Waals surface area contributed by atoms with Gasteiger partial charge in [0.2, 0.25) is 0 Å². The molecule has 2 aliphatic heterocycles. The molecule has 1 aromatic rings. The Bertz CT molecular complexity index is 614. The van der Waals surface area contributed by atoms with Crippen LogP contribution in [0.4, 0.5) is 4.79 Å².